The lowest BCUT2D eigenvalue weighted by atomic mass is 9.90. The van der Waals surface area contributed by atoms with Gasteiger partial charge in [-0.25, -0.2) is 18.7 Å². The van der Waals surface area contributed by atoms with Gasteiger partial charge in [-0.05, 0) is 56.6 Å². The minimum absolute atomic E-state index is 0.0760. The zero-order valence-corrected chi connectivity index (χ0v) is 21.6. The summed E-state index contributed by atoms with van der Waals surface area (Å²) in [5.74, 6) is -0.412. The highest BCUT2D eigenvalue weighted by Crippen LogP contribution is 2.37. The number of benzene rings is 2. The molecule has 1 aromatic heterocycles. The predicted octanol–water partition coefficient (Wildman–Crippen LogP) is 5.87. The molecular formula is C28H25ClF2N6O. The Bertz CT molecular complexity index is 1480. The van der Waals surface area contributed by atoms with Gasteiger partial charge in [-0.15, -0.1) is 0 Å². The van der Waals surface area contributed by atoms with Crippen LogP contribution in [0.25, 0.3) is 11.3 Å². The van der Waals surface area contributed by atoms with Crippen LogP contribution >= 0.6 is 11.6 Å². The third-order valence-electron chi connectivity index (χ3n) is 6.08. The molecular weight excluding hydrogens is 510 g/mol. The Kier molecular flexibility index (Phi) is 7.31. The number of alkyl halides is 1. The second kappa shape index (κ2) is 10.8. The summed E-state index contributed by atoms with van der Waals surface area (Å²) in [6, 6.07) is 12.3. The van der Waals surface area contributed by atoms with Gasteiger partial charge in [-0.3, -0.25) is 9.79 Å². The monoisotopic (exact) mass is 534 g/mol. The van der Waals surface area contributed by atoms with E-state index >= 15 is 0 Å². The van der Waals surface area contributed by atoms with Crippen molar-refractivity contribution in [2.75, 3.05) is 31.3 Å². The quantitative estimate of drug-likeness (QED) is 0.413. The van der Waals surface area contributed by atoms with Crippen LogP contribution in [0.3, 0.4) is 0 Å². The normalized spacial score (nSPS) is 16.5. The summed E-state index contributed by atoms with van der Waals surface area (Å²) in [6.07, 6.45) is 2.98. The van der Waals surface area contributed by atoms with Crippen LogP contribution in [0.5, 0.6) is 0 Å². The lowest BCUT2D eigenvalue weighted by molar-refractivity contribution is -0.116. The standard InChI is InChI=1S/C28H25ClF2N6O/c1-37(2)15-24(38)34-18-7-9-19(10-8-18)35-28-33-14-16-13-32-27(25-22(30)4-3-5-23(25)31)21-12-17(29)6-11-20(21)26(16)36-28/h3-4,6-12,14,23H,5,13,15H2,1-2H3,(H,34,38)(H,33,35,36). The number of carbonyl (C=O) groups excluding carboxylic acids is 1. The Hall–Kier alpha value is -3.95. The van der Waals surface area contributed by atoms with Crippen molar-refractivity contribution in [1.82, 2.24) is 14.9 Å². The number of aromatic nitrogens is 2. The molecule has 0 radical (unpaired) electrons. The highest BCUT2D eigenvalue weighted by molar-refractivity contribution is 6.31. The van der Waals surface area contributed by atoms with Gasteiger partial charge in [-0.1, -0.05) is 23.7 Å². The fourth-order valence-corrected chi connectivity index (χ4v) is 4.55. The van der Waals surface area contributed by atoms with E-state index in [1.807, 2.05) is 26.2 Å². The number of hydrogen-bond donors (Lipinski definition) is 2. The van der Waals surface area contributed by atoms with Crippen LogP contribution in [-0.4, -0.2) is 53.3 Å². The van der Waals surface area contributed by atoms with E-state index in [-0.39, 0.29) is 36.7 Å². The van der Waals surface area contributed by atoms with Gasteiger partial charge in [0, 0.05) is 51.3 Å². The Labute approximate surface area is 224 Å². The number of rotatable bonds is 6. The topological polar surface area (TPSA) is 82.5 Å². The van der Waals surface area contributed by atoms with E-state index in [9.17, 15) is 13.6 Å². The first-order chi connectivity index (χ1) is 18.3. The van der Waals surface area contributed by atoms with Crippen LogP contribution in [-0.2, 0) is 11.3 Å². The summed E-state index contributed by atoms with van der Waals surface area (Å²) in [5.41, 5.74) is 4.04. The van der Waals surface area contributed by atoms with Gasteiger partial charge in [-0.2, -0.15) is 0 Å². The Morgan fingerprint density at radius 1 is 1.13 bits per heavy atom. The molecule has 10 heteroatoms. The van der Waals surface area contributed by atoms with Crippen molar-refractivity contribution < 1.29 is 13.6 Å². The van der Waals surface area contributed by atoms with Gasteiger partial charge in [0.1, 0.15) is 12.0 Å². The molecule has 0 bridgehead atoms. The molecule has 2 heterocycles. The van der Waals surface area contributed by atoms with Crippen molar-refractivity contribution in [3.63, 3.8) is 0 Å². The maximum Gasteiger partial charge on any atom is 0.238 e. The second-order valence-corrected chi connectivity index (χ2v) is 9.71. The summed E-state index contributed by atoms with van der Waals surface area (Å²) in [5, 5.41) is 6.44. The van der Waals surface area contributed by atoms with Gasteiger partial charge >= 0.3 is 0 Å². The Balaban J connectivity index is 1.45. The number of nitrogens with one attached hydrogen (secondary N) is 2. The SMILES string of the molecule is CN(C)CC(=O)Nc1ccc(Nc2ncc3c(n2)-c2ccc(Cl)cc2C(C2=C(F)C=CCC2F)=NC3)cc1. The third kappa shape index (κ3) is 5.49. The number of allylic oxidation sites excluding steroid dienone is 4. The van der Waals surface area contributed by atoms with E-state index in [1.165, 1.54) is 12.2 Å². The van der Waals surface area contributed by atoms with Crippen molar-refractivity contribution >= 4 is 40.5 Å². The number of aliphatic imine (C=N–C) groups is 1. The van der Waals surface area contributed by atoms with Crippen molar-refractivity contribution in [3.05, 3.63) is 88.4 Å². The molecule has 7 nitrogen and oxygen atoms in total. The number of nitrogens with zero attached hydrogens (tertiary/aromatic N) is 4. The van der Waals surface area contributed by atoms with E-state index in [0.29, 0.717) is 33.5 Å². The van der Waals surface area contributed by atoms with Crippen molar-refractivity contribution in [2.24, 2.45) is 4.99 Å². The van der Waals surface area contributed by atoms with E-state index in [1.54, 1.807) is 41.4 Å². The summed E-state index contributed by atoms with van der Waals surface area (Å²) < 4.78 is 29.6. The average molecular weight is 535 g/mol. The highest BCUT2D eigenvalue weighted by Gasteiger charge is 2.29. The first-order valence-electron chi connectivity index (χ1n) is 12.0. The third-order valence-corrected chi connectivity index (χ3v) is 6.32. The van der Waals surface area contributed by atoms with Gasteiger partial charge < -0.3 is 15.5 Å². The van der Waals surface area contributed by atoms with Crippen LogP contribution < -0.4 is 10.6 Å². The number of fused-ring (bicyclic) bond motifs is 3. The molecule has 1 unspecified atom stereocenters. The van der Waals surface area contributed by atoms with Crippen molar-refractivity contribution in [3.8, 4) is 11.3 Å². The maximum absolute atomic E-state index is 14.9. The number of halogens is 3. The molecule has 1 amide bonds. The maximum atomic E-state index is 14.9. The second-order valence-electron chi connectivity index (χ2n) is 9.28. The lowest BCUT2D eigenvalue weighted by Gasteiger charge is -2.19. The Morgan fingerprint density at radius 2 is 1.89 bits per heavy atom. The average Bonchev–Trinajstić information content (AvgIpc) is 3.01. The predicted molar refractivity (Wildman–Crippen MR) is 146 cm³/mol. The highest BCUT2D eigenvalue weighted by atomic mass is 35.5. The molecule has 1 atom stereocenters. The molecule has 1 aliphatic carbocycles. The van der Waals surface area contributed by atoms with Gasteiger partial charge in [0.15, 0.2) is 0 Å². The largest absolute Gasteiger partial charge is 0.325 e. The molecule has 2 aliphatic rings. The van der Waals surface area contributed by atoms with Crippen LogP contribution in [0.1, 0.15) is 17.5 Å². The van der Waals surface area contributed by atoms with E-state index in [0.717, 1.165) is 11.3 Å². The van der Waals surface area contributed by atoms with Crippen LogP contribution in [0.4, 0.5) is 26.1 Å². The van der Waals surface area contributed by atoms with Crippen LogP contribution in [0.15, 0.2) is 77.2 Å². The molecule has 2 N–H and O–H groups in total. The minimum atomic E-state index is -1.51. The molecule has 0 saturated heterocycles. The summed E-state index contributed by atoms with van der Waals surface area (Å²) in [6.45, 7) is 0.444. The number of carbonyl (C=O) groups is 1. The molecule has 38 heavy (non-hydrogen) atoms. The molecule has 3 aromatic rings. The van der Waals surface area contributed by atoms with E-state index in [2.05, 4.69) is 20.6 Å². The summed E-state index contributed by atoms with van der Waals surface area (Å²) in [4.78, 5) is 27.5. The zero-order valence-electron chi connectivity index (χ0n) is 20.8. The first-order valence-corrected chi connectivity index (χ1v) is 12.4. The molecule has 5 rings (SSSR count). The van der Waals surface area contributed by atoms with Crippen molar-refractivity contribution in [2.45, 2.75) is 19.1 Å². The molecule has 1 aliphatic heterocycles. The fraction of sp³-hybridized carbons (Fsp3) is 0.214. The molecule has 0 saturated carbocycles. The minimum Gasteiger partial charge on any atom is -0.325 e. The van der Waals surface area contributed by atoms with Gasteiger partial charge in [0.25, 0.3) is 0 Å². The molecule has 0 fully saturated rings. The van der Waals surface area contributed by atoms with Gasteiger partial charge in [0.05, 0.1) is 24.5 Å². The first kappa shape index (κ1) is 25.7. The summed E-state index contributed by atoms with van der Waals surface area (Å²) >= 11 is 6.30. The Morgan fingerprint density at radius 3 is 2.63 bits per heavy atom. The molecule has 2 aromatic carbocycles. The number of anilines is 3. The molecule has 0 spiro atoms. The van der Waals surface area contributed by atoms with E-state index in [4.69, 9.17) is 16.6 Å². The number of hydrogen-bond acceptors (Lipinski definition) is 6. The van der Waals surface area contributed by atoms with Crippen LogP contribution in [0.2, 0.25) is 5.02 Å². The molecule has 194 valence electrons. The number of amides is 1. The summed E-state index contributed by atoms with van der Waals surface area (Å²) in [7, 11) is 3.65. The van der Waals surface area contributed by atoms with Crippen molar-refractivity contribution in [1.29, 1.82) is 0 Å². The van der Waals surface area contributed by atoms with Gasteiger partial charge in [0.2, 0.25) is 11.9 Å². The number of likely N-dealkylation sites (N-methyl/N-ethyl adjacent to an activating group) is 1. The van der Waals surface area contributed by atoms with E-state index < -0.39 is 12.0 Å². The lowest BCUT2D eigenvalue weighted by Crippen LogP contribution is -2.27. The fourth-order valence-electron chi connectivity index (χ4n) is 4.38. The zero-order chi connectivity index (χ0) is 26.8. The smallest absolute Gasteiger partial charge is 0.238 e. The van der Waals surface area contributed by atoms with Crippen LogP contribution in [0, 0.1) is 0 Å².